The Kier molecular flexibility index (Phi) is 7.28. The number of ether oxygens (including phenoxy) is 1. The van der Waals surface area contributed by atoms with Gasteiger partial charge in [-0.1, -0.05) is 13.8 Å². The van der Waals surface area contributed by atoms with Crippen molar-refractivity contribution in [2.75, 3.05) is 26.2 Å². The van der Waals surface area contributed by atoms with Crippen molar-refractivity contribution in [2.45, 2.75) is 46.1 Å². The molecule has 1 aliphatic heterocycles. The van der Waals surface area contributed by atoms with Crippen LogP contribution < -0.4 is 10.6 Å². The molecule has 0 radical (unpaired) electrons. The Morgan fingerprint density at radius 3 is 2.83 bits per heavy atom. The average Bonchev–Trinajstić information content (AvgIpc) is 2.81. The highest BCUT2D eigenvalue weighted by atomic mass is 16.5. The van der Waals surface area contributed by atoms with Crippen LogP contribution in [0.1, 0.15) is 40.0 Å². The molecule has 4 nitrogen and oxygen atoms in total. The molecule has 1 amide bonds. The molecule has 1 fully saturated rings. The van der Waals surface area contributed by atoms with E-state index in [0.29, 0.717) is 12.5 Å². The van der Waals surface area contributed by atoms with Gasteiger partial charge in [-0.3, -0.25) is 4.79 Å². The lowest BCUT2D eigenvalue weighted by Crippen LogP contribution is -2.35. The van der Waals surface area contributed by atoms with E-state index in [1.54, 1.807) is 0 Å². The number of rotatable bonds is 8. The molecule has 1 rings (SSSR count). The van der Waals surface area contributed by atoms with Crippen molar-refractivity contribution in [3.63, 3.8) is 0 Å². The van der Waals surface area contributed by atoms with E-state index in [9.17, 15) is 4.79 Å². The van der Waals surface area contributed by atoms with E-state index in [-0.39, 0.29) is 12.0 Å². The van der Waals surface area contributed by atoms with E-state index in [1.807, 2.05) is 6.92 Å². The van der Waals surface area contributed by atoms with E-state index in [1.165, 1.54) is 6.42 Å². The highest BCUT2D eigenvalue weighted by molar-refractivity contribution is 5.80. The monoisotopic (exact) mass is 256 g/mol. The van der Waals surface area contributed by atoms with Crippen LogP contribution in [-0.4, -0.2) is 38.3 Å². The third kappa shape index (κ3) is 6.36. The molecule has 0 aromatic carbocycles. The van der Waals surface area contributed by atoms with E-state index >= 15 is 0 Å². The van der Waals surface area contributed by atoms with Crippen LogP contribution in [0.2, 0.25) is 0 Å². The maximum absolute atomic E-state index is 11.7. The molecule has 0 aromatic heterocycles. The van der Waals surface area contributed by atoms with Gasteiger partial charge in [-0.25, -0.2) is 0 Å². The molecule has 1 heterocycles. The van der Waals surface area contributed by atoms with Crippen molar-refractivity contribution < 1.29 is 9.53 Å². The van der Waals surface area contributed by atoms with Crippen LogP contribution in [0.5, 0.6) is 0 Å². The molecule has 0 spiro atoms. The van der Waals surface area contributed by atoms with Crippen LogP contribution >= 0.6 is 0 Å². The largest absolute Gasteiger partial charge is 0.369 e. The van der Waals surface area contributed by atoms with Crippen molar-refractivity contribution in [3.05, 3.63) is 0 Å². The van der Waals surface area contributed by atoms with E-state index < -0.39 is 0 Å². The zero-order valence-electron chi connectivity index (χ0n) is 12.0. The summed E-state index contributed by atoms with van der Waals surface area (Å²) in [4.78, 5) is 11.7. The number of nitrogens with one attached hydrogen (secondary N) is 2. The molecule has 1 aliphatic rings. The van der Waals surface area contributed by atoms with Crippen molar-refractivity contribution in [1.29, 1.82) is 0 Å². The maximum atomic E-state index is 11.7. The fourth-order valence-corrected chi connectivity index (χ4v) is 2.08. The summed E-state index contributed by atoms with van der Waals surface area (Å²) in [7, 11) is 0. The van der Waals surface area contributed by atoms with Crippen LogP contribution in [0.4, 0.5) is 0 Å². The van der Waals surface area contributed by atoms with Crippen LogP contribution in [-0.2, 0) is 9.53 Å². The first-order chi connectivity index (χ1) is 8.59. The number of carbonyl (C=O) groups excluding carboxylic acids is 1. The first-order valence-corrected chi connectivity index (χ1v) is 7.19. The molecular formula is C14H28N2O2. The lowest BCUT2D eigenvalue weighted by molar-refractivity contribution is -0.131. The predicted octanol–water partition coefficient (Wildman–Crippen LogP) is 1.55. The SMILES string of the molecule is CC(C)CCNC(=O)C(C)OCCC1CCNC1. The van der Waals surface area contributed by atoms with E-state index in [0.717, 1.165) is 38.4 Å². The Morgan fingerprint density at radius 2 is 2.22 bits per heavy atom. The molecule has 2 N–H and O–H groups in total. The minimum Gasteiger partial charge on any atom is -0.369 e. The molecule has 1 saturated heterocycles. The van der Waals surface area contributed by atoms with Crippen molar-refractivity contribution in [1.82, 2.24) is 10.6 Å². The summed E-state index contributed by atoms with van der Waals surface area (Å²) in [6.07, 6.45) is 2.98. The second-order valence-electron chi connectivity index (χ2n) is 5.63. The van der Waals surface area contributed by atoms with Gasteiger partial charge < -0.3 is 15.4 Å². The van der Waals surface area contributed by atoms with Gasteiger partial charge in [-0.15, -0.1) is 0 Å². The Morgan fingerprint density at radius 1 is 1.44 bits per heavy atom. The lowest BCUT2D eigenvalue weighted by atomic mass is 10.1. The van der Waals surface area contributed by atoms with Crippen LogP contribution in [0, 0.1) is 11.8 Å². The Hall–Kier alpha value is -0.610. The third-order valence-corrected chi connectivity index (χ3v) is 3.45. The summed E-state index contributed by atoms with van der Waals surface area (Å²) in [5.74, 6) is 1.36. The summed E-state index contributed by atoms with van der Waals surface area (Å²) < 4.78 is 5.58. The van der Waals surface area contributed by atoms with Crippen molar-refractivity contribution in [3.8, 4) is 0 Å². The normalized spacial score (nSPS) is 21.2. The van der Waals surface area contributed by atoms with Gasteiger partial charge in [-0.05, 0) is 51.1 Å². The molecule has 2 atom stereocenters. The van der Waals surface area contributed by atoms with Gasteiger partial charge in [-0.2, -0.15) is 0 Å². The van der Waals surface area contributed by atoms with Gasteiger partial charge in [0.25, 0.3) is 0 Å². The summed E-state index contributed by atoms with van der Waals surface area (Å²) in [5, 5.41) is 6.25. The van der Waals surface area contributed by atoms with E-state index in [4.69, 9.17) is 4.74 Å². The van der Waals surface area contributed by atoms with Gasteiger partial charge in [0.1, 0.15) is 6.10 Å². The minimum absolute atomic E-state index is 0.0141. The molecule has 0 aromatic rings. The van der Waals surface area contributed by atoms with Gasteiger partial charge in [0.2, 0.25) is 5.91 Å². The Labute approximate surface area is 111 Å². The van der Waals surface area contributed by atoms with Crippen molar-refractivity contribution >= 4 is 5.91 Å². The van der Waals surface area contributed by atoms with Crippen LogP contribution in [0.25, 0.3) is 0 Å². The summed E-state index contributed by atoms with van der Waals surface area (Å²) in [6.45, 7) is 9.79. The summed E-state index contributed by atoms with van der Waals surface area (Å²) in [6, 6.07) is 0. The lowest BCUT2D eigenvalue weighted by Gasteiger charge is -2.15. The zero-order chi connectivity index (χ0) is 13.4. The van der Waals surface area contributed by atoms with E-state index in [2.05, 4.69) is 24.5 Å². The topological polar surface area (TPSA) is 50.4 Å². The molecular weight excluding hydrogens is 228 g/mol. The Balaban J connectivity index is 2.03. The fraction of sp³-hybridized carbons (Fsp3) is 0.929. The molecule has 4 heteroatoms. The zero-order valence-corrected chi connectivity index (χ0v) is 12.0. The summed E-state index contributed by atoms with van der Waals surface area (Å²) in [5.41, 5.74) is 0. The van der Waals surface area contributed by atoms with Crippen LogP contribution in [0.15, 0.2) is 0 Å². The highest BCUT2D eigenvalue weighted by Crippen LogP contribution is 2.12. The van der Waals surface area contributed by atoms with Gasteiger partial charge in [0.05, 0.1) is 0 Å². The maximum Gasteiger partial charge on any atom is 0.248 e. The van der Waals surface area contributed by atoms with Crippen LogP contribution in [0.3, 0.4) is 0 Å². The second-order valence-corrected chi connectivity index (χ2v) is 5.63. The third-order valence-electron chi connectivity index (χ3n) is 3.45. The minimum atomic E-state index is -0.327. The quantitative estimate of drug-likeness (QED) is 0.693. The molecule has 18 heavy (non-hydrogen) atoms. The van der Waals surface area contributed by atoms with Crippen molar-refractivity contribution in [2.24, 2.45) is 11.8 Å². The van der Waals surface area contributed by atoms with Gasteiger partial charge in [0.15, 0.2) is 0 Å². The number of hydrogen-bond acceptors (Lipinski definition) is 3. The first kappa shape index (κ1) is 15.4. The molecule has 0 saturated carbocycles. The molecule has 106 valence electrons. The molecule has 0 aliphatic carbocycles. The number of carbonyl (C=O) groups is 1. The smallest absolute Gasteiger partial charge is 0.248 e. The van der Waals surface area contributed by atoms with Gasteiger partial charge >= 0.3 is 0 Å². The number of hydrogen-bond donors (Lipinski definition) is 2. The predicted molar refractivity (Wildman–Crippen MR) is 73.5 cm³/mol. The standard InChI is InChI=1S/C14H28N2O2/c1-11(2)4-8-16-14(17)12(3)18-9-6-13-5-7-15-10-13/h11-13,15H,4-10H2,1-3H3,(H,16,17). The highest BCUT2D eigenvalue weighted by Gasteiger charge is 2.16. The molecule has 0 bridgehead atoms. The summed E-state index contributed by atoms with van der Waals surface area (Å²) >= 11 is 0. The first-order valence-electron chi connectivity index (χ1n) is 7.19. The molecule has 2 unspecified atom stereocenters. The Bertz CT molecular complexity index is 238. The fourth-order valence-electron chi connectivity index (χ4n) is 2.08. The van der Waals surface area contributed by atoms with Gasteiger partial charge in [0, 0.05) is 13.2 Å². The number of amides is 1. The second kappa shape index (κ2) is 8.48. The average molecular weight is 256 g/mol.